The van der Waals surface area contributed by atoms with Crippen LogP contribution in [0.1, 0.15) is 26.2 Å². The van der Waals surface area contributed by atoms with Crippen LogP contribution in [0.25, 0.3) is 16.3 Å². The van der Waals surface area contributed by atoms with E-state index in [1.165, 1.54) is 24.2 Å². The molecule has 7 nitrogen and oxygen atoms in total. The first-order valence-electron chi connectivity index (χ1n) is 9.55. The molecule has 2 aliphatic heterocycles. The molecule has 3 aromatic rings. The molecule has 8 heteroatoms. The van der Waals surface area contributed by atoms with Gasteiger partial charge in [-0.15, -0.1) is 5.10 Å². The summed E-state index contributed by atoms with van der Waals surface area (Å²) in [4.78, 5) is 6.50. The fourth-order valence-corrected chi connectivity index (χ4v) is 5.20. The van der Waals surface area contributed by atoms with E-state index in [2.05, 4.69) is 34.1 Å². The molecule has 1 aliphatic carbocycles. The Labute approximate surface area is 167 Å². The highest BCUT2D eigenvalue weighted by Gasteiger charge is 2.47. The molecular formula is C20H23N5O2S. The van der Waals surface area contributed by atoms with Crippen LogP contribution in [0.3, 0.4) is 0 Å². The maximum atomic E-state index is 10.5. The molecule has 146 valence electrons. The lowest BCUT2D eigenvalue weighted by Gasteiger charge is -2.54. The second-order valence-corrected chi connectivity index (χ2v) is 9.02. The predicted octanol–water partition coefficient (Wildman–Crippen LogP) is 3.35. The first kappa shape index (κ1) is 17.6. The van der Waals surface area contributed by atoms with Gasteiger partial charge < -0.3 is 19.3 Å². The van der Waals surface area contributed by atoms with Crippen LogP contribution in [-0.4, -0.2) is 55.0 Å². The summed E-state index contributed by atoms with van der Waals surface area (Å²) in [6.45, 7) is 3.40. The number of phenols is 1. The molecule has 1 saturated carbocycles. The van der Waals surface area contributed by atoms with E-state index >= 15 is 0 Å². The van der Waals surface area contributed by atoms with Crippen LogP contribution >= 0.6 is 11.3 Å². The summed E-state index contributed by atoms with van der Waals surface area (Å²) in [5, 5.41) is 20.2. The highest BCUT2D eigenvalue weighted by Crippen LogP contribution is 2.44. The van der Waals surface area contributed by atoms with Crippen molar-refractivity contribution >= 4 is 11.3 Å². The third kappa shape index (κ3) is 2.97. The van der Waals surface area contributed by atoms with Gasteiger partial charge in [-0.25, -0.2) is 4.98 Å². The number of aromatic nitrogens is 4. The predicted molar refractivity (Wildman–Crippen MR) is 107 cm³/mol. The number of phenolic OH excluding ortho intramolecular Hbond substituents is 1. The molecule has 0 spiro atoms. The molecule has 28 heavy (non-hydrogen) atoms. The van der Waals surface area contributed by atoms with Crippen molar-refractivity contribution in [1.82, 2.24) is 24.6 Å². The van der Waals surface area contributed by atoms with Crippen molar-refractivity contribution in [3.8, 4) is 27.2 Å². The van der Waals surface area contributed by atoms with E-state index in [9.17, 15) is 5.11 Å². The van der Waals surface area contributed by atoms with Crippen molar-refractivity contribution < 1.29 is 9.84 Å². The van der Waals surface area contributed by atoms with Gasteiger partial charge in [0.25, 0.3) is 5.19 Å². The van der Waals surface area contributed by atoms with E-state index in [-0.39, 0.29) is 17.4 Å². The minimum atomic E-state index is 0.166. The zero-order chi connectivity index (χ0) is 19.3. The van der Waals surface area contributed by atoms with Gasteiger partial charge in [0, 0.05) is 42.9 Å². The first-order chi connectivity index (χ1) is 13.5. The second kappa shape index (κ2) is 6.56. The molecular weight excluding hydrogens is 374 g/mol. The third-order valence-electron chi connectivity index (χ3n) is 6.32. The number of hydrogen-bond acceptors (Lipinski definition) is 7. The number of benzene rings is 1. The summed E-state index contributed by atoms with van der Waals surface area (Å²) in [7, 11) is 2.21. The Kier molecular flexibility index (Phi) is 4.13. The second-order valence-electron chi connectivity index (χ2n) is 8.08. The van der Waals surface area contributed by atoms with Gasteiger partial charge in [0.15, 0.2) is 5.01 Å². The van der Waals surface area contributed by atoms with Gasteiger partial charge in [0.1, 0.15) is 11.9 Å². The van der Waals surface area contributed by atoms with Crippen molar-refractivity contribution in [2.45, 2.75) is 37.8 Å². The Morgan fingerprint density at radius 3 is 2.93 bits per heavy atom. The lowest BCUT2D eigenvalue weighted by Crippen LogP contribution is -2.60. The SMILES string of the molecule is CN1C[C@H]2CC[C@]1(C)C[C@@H]2Oc1nnc(-c2ccc(-n3ccnc3)cc2O)s1. The van der Waals surface area contributed by atoms with Gasteiger partial charge in [-0.05, 0) is 38.9 Å². The van der Waals surface area contributed by atoms with Crippen molar-refractivity contribution in [3.05, 3.63) is 36.9 Å². The molecule has 2 bridgehead atoms. The zero-order valence-corrected chi connectivity index (χ0v) is 16.8. The monoisotopic (exact) mass is 397 g/mol. The fourth-order valence-electron chi connectivity index (χ4n) is 4.42. The number of imidazole rings is 1. The maximum absolute atomic E-state index is 10.5. The lowest BCUT2D eigenvalue weighted by atomic mass is 9.70. The van der Waals surface area contributed by atoms with Gasteiger partial charge in [0.2, 0.25) is 0 Å². The van der Waals surface area contributed by atoms with Gasteiger partial charge >= 0.3 is 0 Å². The lowest BCUT2D eigenvalue weighted by molar-refractivity contribution is -0.0745. The number of rotatable bonds is 4. The number of piperidine rings is 2. The summed E-state index contributed by atoms with van der Waals surface area (Å²) in [6, 6.07) is 5.48. The zero-order valence-electron chi connectivity index (χ0n) is 15.9. The van der Waals surface area contributed by atoms with Gasteiger partial charge in [-0.3, -0.25) is 0 Å². The minimum absolute atomic E-state index is 0.166. The van der Waals surface area contributed by atoms with Crippen molar-refractivity contribution in [2.75, 3.05) is 13.6 Å². The van der Waals surface area contributed by atoms with Crippen LogP contribution in [0, 0.1) is 5.92 Å². The van der Waals surface area contributed by atoms with Crippen molar-refractivity contribution in [1.29, 1.82) is 0 Å². The average Bonchev–Trinajstić information content (AvgIpc) is 3.35. The van der Waals surface area contributed by atoms with Crippen LogP contribution in [0.5, 0.6) is 10.9 Å². The smallest absolute Gasteiger partial charge is 0.294 e. The molecule has 4 heterocycles. The molecule has 2 saturated heterocycles. The van der Waals surface area contributed by atoms with Gasteiger partial charge in [-0.2, -0.15) is 0 Å². The summed E-state index contributed by atoms with van der Waals surface area (Å²) < 4.78 is 8.09. The summed E-state index contributed by atoms with van der Waals surface area (Å²) in [5.41, 5.74) is 1.72. The van der Waals surface area contributed by atoms with Crippen LogP contribution in [0.15, 0.2) is 36.9 Å². The maximum Gasteiger partial charge on any atom is 0.294 e. The fraction of sp³-hybridized carbons (Fsp3) is 0.450. The molecule has 3 atom stereocenters. The van der Waals surface area contributed by atoms with Crippen LogP contribution in [0.4, 0.5) is 0 Å². The van der Waals surface area contributed by atoms with E-state index < -0.39 is 0 Å². The van der Waals surface area contributed by atoms with Crippen LogP contribution < -0.4 is 4.74 Å². The van der Waals surface area contributed by atoms with Crippen molar-refractivity contribution in [2.24, 2.45) is 5.92 Å². The summed E-state index contributed by atoms with van der Waals surface area (Å²) >= 11 is 1.39. The van der Waals surface area contributed by atoms with E-state index in [1.54, 1.807) is 18.6 Å². The molecule has 2 aromatic heterocycles. The molecule has 3 fully saturated rings. The Bertz CT molecular complexity index is 988. The number of ether oxygens (including phenoxy) is 1. The van der Waals surface area contributed by atoms with E-state index in [0.29, 0.717) is 21.7 Å². The molecule has 0 unspecified atom stereocenters. The minimum Gasteiger partial charge on any atom is -0.507 e. The van der Waals surface area contributed by atoms with Crippen LogP contribution in [-0.2, 0) is 0 Å². The topological polar surface area (TPSA) is 76.3 Å². The Balaban J connectivity index is 1.34. The van der Waals surface area contributed by atoms with E-state index in [0.717, 1.165) is 18.7 Å². The first-order valence-corrected chi connectivity index (χ1v) is 10.4. The summed E-state index contributed by atoms with van der Waals surface area (Å²) in [6.07, 6.45) is 8.87. The Morgan fingerprint density at radius 2 is 2.21 bits per heavy atom. The number of aromatic hydroxyl groups is 1. The molecule has 3 aliphatic rings. The van der Waals surface area contributed by atoms with Crippen molar-refractivity contribution in [3.63, 3.8) is 0 Å². The highest BCUT2D eigenvalue weighted by molar-refractivity contribution is 7.16. The molecule has 0 radical (unpaired) electrons. The normalized spacial score (nSPS) is 27.2. The largest absolute Gasteiger partial charge is 0.507 e. The van der Waals surface area contributed by atoms with Crippen LogP contribution in [0.2, 0.25) is 0 Å². The molecule has 0 amide bonds. The standard InChI is InChI=1S/C20H23N5O2S/c1-20-6-5-13(11-24(20)2)17(10-20)27-19-23-22-18(28-19)15-4-3-14(9-16(15)26)25-8-7-21-12-25/h3-4,7-9,12-13,17,26H,5-6,10-11H2,1-2H3/t13-,17+,20-/m1/s1. The van der Waals surface area contributed by atoms with E-state index in [1.807, 2.05) is 22.9 Å². The Morgan fingerprint density at radius 1 is 1.32 bits per heavy atom. The van der Waals surface area contributed by atoms with Gasteiger partial charge in [0.05, 0.1) is 17.6 Å². The van der Waals surface area contributed by atoms with Gasteiger partial charge in [-0.1, -0.05) is 16.4 Å². The molecule has 1 N–H and O–H groups in total. The number of hydrogen-bond donors (Lipinski definition) is 1. The average molecular weight is 398 g/mol. The Hall–Kier alpha value is -2.45. The van der Waals surface area contributed by atoms with E-state index in [4.69, 9.17) is 4.74 Å². The highest BCUT2D eigenvalue weighted by atomic mass is 32.1. The number of nitrogens with zero attached hydrogens (tertiary/aromatic N) is 5. The summed E-state index contributed by atoms with van der Waals surface area (Å²) in [5.74, 6) is 0.710. The third-order valence-corrected chi connectivity index (χ3v) is 7.17. The molecule has 1 aromatic carbocycles. The molecule has 6 rings (SSSR count). The number of fused-ring (bicyclic) bond motifs is 3. The quantitative estimate of drug-likeness (QED) is 0.728.